The number of nitrogens with zero attached hydrogens (tertiary/aromatic N) is 3. The third kappa shape index (κ3) is 3.06. The number of nitrogens with two attached hydrogens (primary N) is 1. The van der Waals surface area contributed by atoms with Gasteiger partial charge in [0.1, 0.15) is 5.69 Å². The van der Waals surface area contributed by atoms with Gasteiger partial charge in [0.2, 0.25) is 5.95 Å². The maximum atomic E-state index is 12.5. The summed E-state index contributed by atoms with van der Waals surface area (Å²) in [5, 5.41) is 2.15. The third-order valence-electron chi connectivity index (χ3n) is 2.66. The molecule has 0 amide bonds. The van der Waals surface area contributed by atoms with Crippen molar-refractivity contribution in [3.63, 3.8) is 0 Å². The van der Waals surface area contributed by atoms with E-state index >= 15 is 0 Å². The number of rotatable bonds is 1. The zero-order valence-corrected chi connectivity index (χ0v) is 9.24. The van der Waals surface area contributed by atoms with Crippen molar-refractivity contribution in [3.8, 4) is 0 Å². The molecule has 0 bridgehead atoms. The largest absolute Gasteiger partial charge is 0.433 e. The fourth-order valence-corrected chi connectivity index (χ4v) is 1.79. The fourth-order valence-electron chi connectivity index (χ4n) is 1.79. The first kappa shape index (κ1) is 12.1. The van der Waals surface area contributed by atoms with E-state index in [-0.39, 0.29) is 5.95 Å². The highest BCUT2D eigenvalue weighted by Gasteiger charge is 2.33. The summed E-state index contributed by atoms with van der Waals surface area (Å²) >= 11 is 0. The molecule has 0 atom stereocenters. The Morgan fingerprint density at radius 1 is 1.24 bits per heavy atom. The molecule has 1 aliphatic rings. The van der Waals surface area contributed by atoms with Crippen LogP contribution in [0.15, 0.2) is 12.3 Å². The Labute approximate surface area is 96.9 Å². The molecule has 1 fully saturated rings. The van der Waals surface area contributed by atoms with Crippen LogP contribution in [0.4, 0.5) is 19.1 Å². The molecular formula is C10H14F3N4+. The second-order valence-electron chi connectivity index (χ2n) is 3.95. The lowest BCUT2D eigenvalue weighted by molar-refractivity contribution is -0.650. The molecule has 2 heterocycles. The Morgan fingerprint density at radius 3 is 2.82 bits per heavy atom. The van der Waals surface area contributed by atoms with Gasteiger partial charge >= 0.3 is 6.18 Å². The molecule has 94 valence electrons. The van der Waals surface area contributed by atoms with E-state index in [9.17, 15) is 13.2 Å². The smallest absolute Gasteiger partial charge is 0.345 e. The molecule has 0 aromatic carbocycles. The topological polar surface area (TPSA) is 45.6 Å². The first-order valence-corrected chi connectivity index (χ1v) is 5.54. The molecule has 2 rings (SSSR count). The van der Waals surface area contributed by atoms with E-state index in [1.165, 1.54) is 6.20 Å². The highest BCUT2D eigenvalue weighted by atomic mass is 19.4. The second kappa shape index (κ2) is 4.87. The Morgan fingerprint density at radius 2 is 2.06 bits per heavy atom. The van der Waals surface area contributed by atoms with Crippen LogP contribution in [-0.4, -0.2) is 36.1 Å². The lowest BCUT2D eigenvalue weighted by Gasteiger charge is -2.19. The molecular weight excluding hydrogens is 233 g/mol. The van der Waals surface area contributed by atoms with Crippen LogP contribution in [0.3, 0.4) is 0 Å². The van der Waals surface area contributed by atoms with Crippen LogP contribution in [0, 0.1) is 0 Å². The molecule has 0 radical (unpaired) electrons. The number of quaternary nitrogens is 1. The number of anilines is 1. The van der Waals surface area contributed by atoms with Gasteiger partial charge < -0.3 is 10.2 Å². The van der Waals surface area contributed by atoms with Gasteiger partial charge in [0.05, 0.1) is 19.6 Å². The van der Waals surface area contributed by atoms with Gasteiger partial charge in [-0.25, -0.2) is 9.97 Å². The van der Waals surface area contributed by atoms with Crippen LogP contribution >= 0.6 is 0 Å². The Balaban J connectivity index is 2.20. The van der Waals surface area contributed by atoms with Crippen LogP contribution in [0.2, 0.25) is 0 Å². The lowest BCUT2D eigenvalue weighted by atomic mass is 10.4. The minimum Gasteiger partial charge on any atom is -0.345 e. The maximum Gasteiger partial charge on any atom is 0.433 e. The highest BCUT2D eigenvalue weighted by Crippen LogP contribution is 2.28. The number of hydrogen-bond acceptors (Lipinski definition) is 3. The quantitative estimate of drug-likeness (QED) is 0.774. The van der Waals surface area contributed by atoms with Crippen molar-refractivity contribution in [1.82, 2.24) is 9.97 Å². The van der Waals surface area contributed by atoms with Crippen LogP contribution in [0.1, 0.15) is 12.1 Å². The van der Waals surface area contributed by atoms with E-state index in [0.29, 0.717) is 13.1 Å². The van der Waals surface area contributed by atoms with Gasteiger partial charge in [-0.05, 0) is 6.07 Å². The molecule has 1 aromatic heterocycles. The van der Waals surface area contributed by atoms with Crippen molar-refractivity contribution >= 4 is 5.95 Å². The zero-order valence-electron chi connectivity index (χ0n) is 9.24. The molecule has 1 aliphatic heterocycles. The van der Waals surface area contributed by atoms with Gasteiger partial charge in [-0.15, -0.1) is 0 Å². The van der Waals surface area contributed by atoms with Gasteiger partial charge in [0, 0.05) is 19.2 Å². The van der Waals surface area contributed by atoms with Gasteiger partial charge in [-0.3, -0.25) is 0 Å². The summed E-state index contributed by atoms with van der Waals surface area (Å²) in [5.74, 6) is 0.176. The van der Waals surface area contributed by atoms with E-state index < -0.39 is 11.9 Å². The maximum absolute atomic E-state index is 12.5. The summed E-state index contributed by atoms with van der Waals surface area (Å²) in [4.78, 5) is 9.31. The summed E-state index contributed by atoms with van der Waals surface area (Å²) in [7, 11) is 0. The van der Waals surface area contributed by atoms with Crippen LogP contribution < -0.4 is 10.2 Å². The van der Waals surface area contributed by atoms with Gasteiger partial charge in [0.25, 0.3) is 0 Å². The predicted octanol–water partition coefficient (Wildman–Crippen LogP) is 0.269. The van der Waals surface area contributed by atoms with Crippen molar-refractivity contribution in [2.24, 2.45) is 0 Å². The second-order valence-corrected chi connectivity index (χ2v) is 3.95. The highest BCUT2D eigenvalue weighted by molar-refractivity contribution is 5.30. The molecule has 7 heteroatoms. The number of aromatic nitrogens is 2. The van der Waals surface area contributed by atoms with Crippen molar-refractivity contribution in [2.45, 2.75) is 12.6 Å². The number of alkyl halides is 3. The minimum absolute atomic E-state index is 0.176. The molecule has 17 heavy (non-hydrogen) atoms. The van der Waals surface area contributed by atoms with E-state index in [4.69, 9.17) is 0 Å². The van der Waals surface area contributed by atoms with E-state index in [1.807, 2.05) is 0 Å². The fraction of sp³-hybridized carbons (Fsp3) is 0.600. The standard InChI is InChI=1S/C10H13F3N4/c11-10(12,13)8-2-4-15-9(16-8)17-6-1-3-14-5-7-17/h2,4,14H,1,3,5-7H2/p+1. The summed E-state index contributed by atoms with van der Waals surface area (Å²) in [6.45, 7) is 3.24. The normalized spacial score (nSPS) is 17.9. The Kier molecular flexibility index (Phi) is 3.46. The van der Waals surface area contributed by atoms with Crippen LogP contribution in [-0.2, 0) is 6.18 Å². The molecule has 0 unspecified atom stereocenters. The molecule has 2 N–H and O–H groups in total. The number of hydrogen-bond donors (Lipinski definition) is 1. The van der Waals surface area contributed by atoms with Crippen molar-refractivity contribution in [3.05, 3.63) is 18.0 Å². The summed E-state index contributed by atoms with van der Waals surface area (Å²) < 4.78 is 37.5. The molecule has 1 aromatic rings. The SMILES string of the molecule is FC(F)(F)c1ccnc(N2CCC[NH2+]CC2)n1. The monoisotopic (exact) mass is 247 g/mol. The average molecular weight is 247 g/mol. The number of halogens is 3. The molecule has 0 saturated carbocycles. The zero-order chi connectivity index (χ0) is 12.3. The molecule has 0 spiro atoms. The summed E-state index contributed by atoms with van der Waals surface area (Å²) in [5.41, 5.74) is -0.879. The first-order chi connectivity index (χ1) is 8.07. The molecule has 0 aliphatic carbocycles. The Bertz CT molecular complexity index is 372. The predicted molar refractivity (Wildman–Crippen MR) is 55.5 cm³/mol. The summed E-state index contributed by atoms with van der Waals surface area (Å²) in [6, 6.07) is 0.896. The van der Waals surface area contributed by atoms with Gasteiger partial charge in [-0.2, -0.15) is 13.2 Å². The van der Waals surface area contributed by atoms with Crippen LogP contribution in [0.25, 0.3) is 0 Å². The lowest BCUT2D eigenvalue weighted by Crippen LogP contribution is -2.84. The average Bonchev–Trinajstić information content (AvgIpc) is 2.56. The minimum atomic E-state index is -4.41. The van der Waals surface area contributed by atoms with Crippen LogP contribution in [0.5, 0.6) is 0 Å². The Hall–Kier alpha value is -1.37. The molecule has 1 saturated heterocycles. The van der Waals surface area contributed by atoms with Crippen molar-refractivity contribution in [1.29, 1.82) is 0 Å². The first-order valence-electron chi connectivity index (χ1n) is 5.54. The molecule has 4 nitrogen and oxygen atoms in total. The van der Waals surface area contributed by atoms with Crippen molar-refractivity contribution in [2.75, 3.05) is 31.1 Å². The van der Waals surface area contributed by atoms with Crippen molar-refractivity contribution < 1.29 is 18.5 Å². The summed E-state index contributed by atoms with van der Waals surface area (Å²) in [6.07, 6.45) is -2.31. The van der Waals surface area contributed by atoms with E-state index in [0.717, 1.165) is 25.6 Å². The van der Waals surface area contributed by atoms with Gasteiger partial charge in [-0.1, -0.05) is 0 Å². The van der Waals surface area contributed by atoms with E-state index in [2.05, 4.69) is 15.3 Å². The third-order valence-corrected chi connectivity index (χ3v) is 2.66. The van der Waals surface area contributed by atoms with E-state index in [1.54, 1.807) is 4.90 Å². The van der Waals surface area contributed by atoms with Gasteiger partial charge in [0.15, 0.2) is 0 Å².